The molecule has 2 amide bonds. The summed E-state index contributed by atoms with van der Waals surface area (Å²) in [5.74, 6) is -1.68. The molecule has 1 aliphatic heterocycles. The van der Waals surface area contributed by atoms with Crippen LogP contribution in [0.1, 0.15) is 21.9 Å². The number of furan rings is 1. The number of carbonyl (C=O) groups excluding carboxylic acids is 3. The van der Waals surface area contributed by atoms with Crippen LogP contribution in [0, 0.1) is 0 Å². The number of aliphatic carboxylic acids is 1. The van der Waals surface area contributed by atoms with Gasteiger partial charge in [0.15, 0.2) is 6.61 Å². The number of carboxylic acids is 1. The molecule has 1 fully saturated rings. The highest BCUT2D eigenvalue weighted by atomic mass is 79.9. The molecule has 1 aromatic heterocycles. The predicted molar refractivity (Wildman–Crippen MR) is 109 cm³/mol. The Labute approximate surface area is 182 Å². The summed E-state index contributed by atoms with van der Waals surface area (Å²) in [4.78, 5) is 48.2. The first-order valence-electron chi connectivity index (χ1n) is 8.35. The van der Waals surface area contributed by atoms with Crippen molar-refractivity contribution in [2.75, 3.05) is 13.7 Å². The van der Waals surface area contributed by atoms with Crippen LogP contribution in [0.5, 0.6) is 5.75 Å². The van der Waals surface area contributed by atoms with Crippen molar-refractivity contribution in [3.63, 3.8) is 0 Å². The lowest BCUT2D eigenvalue weighted by atomic mass is 10.2. The molecule has 156 valence electrons. The van der Waals surface area contributed by atoms with Crippen LogP contribution in [0.25, 0.3) is 6.08 Å². The van der Waals surface area contributed by atoms with E-state index in [-0.39, 0.29) is 23.0 Å². The zero-order valence-electron chi connectivity index (χ0n) is 15.4. The SMILES string of the molecule is COC(=O)c1ccc(CN2C(=O)SC(=Cc3ccc(OCC(=O)O)c(Br)c3)C2=O)o1. The summed E-state index contributed by atoms with van der Waals surface area (Å²) < 4.78 is 15.5. The van der Waals surface area contributed by atoms with E-state index in [1.807, 2.05) is 0 Å². The molecule has 0 atom stereocenters. The van der Waals surface area contributed by atoms with E-state index in [2.05, 4.69) is 20.7 Å². The van der Waals surface area contributed by atoms with Crippen molar-refractivity contribution in [1.29, 1.82) is 0 Å². The van der Waals surface area contributed by atoms with Gasteiger partial charge in [-0.2, -0.15) is 0 Å². The highest BCUT2D eigenvalue weighted by molar-refractivity contribution is 9.10. The van der Waals surface area contributed by atoms with E-state index in [9.17, 15) is 19.2 Å². The van der Waals surface area contributed by atoms with Crippen molar-refractivity contribution in [1.82, 2.24) is 4.90 Å². The fourth-order valence-electron chi connectivity index (χ4n) is 2.48. The molecule has 1 aliphatic rings. The quantitative estimate of drug-likeness (QED) is 0.453. The van der Waals surface area contributed by atoms with Gasteiger partial charge < -0.3 is 19.0 Å². The molecule has 2 aromatic rings. The minimum atomic E-state index is -1.10. The first kappa shape index (κ1) is 21.7. The molecule has 9 nitrogen and oxygen atoms in total. The first-order valence-corrected chi connectivity index (χ1v) is 9.96. The number of hydrogen-bond acceptors (Lipinski definition) is 8. The van der Waals surface area contributed by atoms with E-state index in [0.29, 0.717) is 15.8 Å². The molecule has 1 aromatic carbocycles. The third kappa shape index (κ3) is 4.92. The Morgan fingerprint density at radius 3 is 2.70 bits per heavy atom. The topological polar surface area (TPSA) is 123 Å². The van der Waals surface area contributed by atoms with E-state index in [0.717, 1.165) is 16.7 Å². The summed E-state index contributed by atoms with van der Waals surface area (Å²) in [6, 6.07) is 7.72. The zero-order valence-corrected chi connectivity index (χ0v) is 17.8. The van der Waals surface area contributed by atoms with Gasteiger partial charge in [0, 0.05) is 0 Å². The number of benzene rings is 1. The third-order valence-corrected chi connectivity index (χ3v) is 5.37. The van der Waals surface area contributed by atoms with E-state index < -0.39 is 29.7 Å². The average molecular weight is 496 g/mol. The van der Waals surface area contributed by atoms with Crippen LogP contribution in [0.4, 0.5) is 4.79 Å². The van der Waals surface area contributed by atoms with Crippen LogP contribution < -0.4 is 4.74 Å². The molecule has 0 spiro atoms. The first-order chi connectivity index (χ1) is 14.3. The van der Waals surface area contributed by atoms with Gasteiger partial charge in [0.05, 0.1) is 23.0 Å². The molecule has 11 heteroatoms. The minimum absolute atomic E-state index is 0.0231. The molecule has 3 rings (SSSR count). The minimum Gasteiger partial charge on any atom is -0.481 e. The fraction of sp³-hybridized carbons (Fsp3) is 0.158. The molecule has 0 radical (unpaired) electrons. The maximum Gasteiger partial charge on any atom is 0.373 e. The van der Waals surface area contributed by atoms with Gasteiger partial charge in [-0.05, 0) is 63.6 Å². The lowest BCUT2D eigenvalue weighted by molar-refractivity contribution is -0.139. The summed E-state index contributed by atoms with van der Waals surface area (Å²) in [5.41, 5.74) is 0.612. The maximum atomic E-state index is 12.6. The van der Waals surface area contributed by atoms with Crippen LogP contribution in [0.2, 0.25) is 0 Å². The molecular formula is C19H14BrNO8S. The van der Waals surface area contributed by atoms with Crippen molar-refractivity contribution < 1.29 is 38.2 Å². The summed E-state index contributed by atoms with van der Waals surface area (Å²) in [7, 11) is 1.22. The molecule has 1 N–H and O–H groups in total. The summed E-state index contributed by atoms with van der Waals surface area (Å²) in [6.07, 6.45) is 1.54. The lowest BCUT2D eigenvalue weighted by Crippen LogP contribution is -2.27. The van der Waals surface area contributed by atoms with Crippen LogP contribution in [0.3, 0.4) is 0 Å². The van der Waals surface area contributed by atoms with E-state index in [1.54, 1.807) is 24.3 Å². The second-order valence-electron chi connectivity index (χ2n) is 5.90. The number of methoxy groups -OCH3 is 1. The summed E-state index contributed by atoms with van der Waals surface area (Å²) >= 11 is 4.06. The number of ether oxygens (including phenoxy) is 2. The molecule has 0 bridgehead atoms. The number of amides is 2. The molecule has 0 unspecified atom stereocenters. The summed E-state index contributed by atoms with van der Waals surface area (Å²) in [6.45, 7) is -0.605. The Morgan fingerprint density at radius 2 is 2.03 bits per heavy atom. The van der Waals surface area contributed by atoms with Crippen molar-refractivity contribution in [3.05, 3.63) is 56.8 Å². The highest BCUT2D eigenvalue weighted by Gasteiger charge is 2.35. The lowest BCUT2D eigenvalue weighted by Gasteiger charge is -2.10. The number of thioether (sulfide) groups is 1. The predicted octanol–water partition coefficient (Wildman–Crippen LogP) is 3.53. The molecule has 1 saturated heterocycles. The van der Waals surface area contributed by atoms with Gasteiger partial charge in [-0.25, -0.2) is 9.59 Å². The second-order valence-corrected chi connectivity index (χ2v) is 7.75. The highest BCUT2D eigenvalue weighted by Crippen LogP contribution is 2.35. The number of esters is 1. The number of nitrogens with zero attached hydrogens (tertiary/aromatic N) is 1. The van der Waals surface area contributed by atoms with Crippen LogP contribution in [-0.2, 0) is 20.9 Å². The number of halogens is 1. The Hall–Kier alpha value is -3.05. The Morgan fingerprint density at radius 1 is 1.27 bits per heavy atom. The zero-order chi connectivity index (χ0) is 21.8. The van der Waals surface area contributed by atoms with Gasteiger partial charge in [0.2, 0.25) is 5.76 Å². The van der Waals surface area contributed by atoms with Crippen LogP contribution in [-0.4, -0.2) is 46.8 Å². The van der Waals surface area contributed by atoms with E-state index >= 15 is 0 Å². The van der Waals surface area contributed by atoms with E-state index in [1.165, 1.54) is 19.2 Å². The molecule has 2 heterocycles. The van der Waals surface area contributed by atoms with Gasteiger partial charge >= 0.3 is 11.9 Å². The largest absolute Gasteiger partial charge is 0.481 e. The third-order valence-electron chi connectivity index (χ3n) is 3.84. The number of rotatable bonds is 7. The molecule has 0 aliphatic carbocycles. The van der Waals surface area contributed by atoms with Gasteiger partial charge in [-0.3, -0.25) is 14.5 Å². The number of imide groups is 1. The number of carboxylic acid groups (broad SMARTS) is 1. The Kier molecular flexibility index (Phi) is 6.63. The van der Waals surface area contributed by atoms with Gasteiger partial charge in [0.25, 0.3) is 11.1 Å². The standard InChI is InChI=1S/C19H14BrNO8S/c1-27-18(25)14-5-3-11(29-14)8-21-17(24)15(30-19(21)26)7-10-2-4-13(12(20)6-10)28-9-16(22)23/h2-7H,8-9H2,1H3,(H,22,23). The smallest absolute Gasteiger partial charge is 0.373 e. The molecule has 30 heavy (non-hydrogen) atoms. The normalized spacial score (nSPS) is 15.0. The van der Waals surface area contributed by atoms with Crippen molar-refractivity contribution in [2.24, 2.45) is 0 Å². The number of carbonyl (C=O) groups is 4. The van der Waals surface area contributed by atoms with Gasteiger partial charge in [-0.1, -0.05) is 6.07 Å². The average Bonchev–Trinajstić information content (AvgIpc) is 3.27. The Bertz CT molecular complexity index is 1060. The Balaban J connectivity index is 1.73. The van der Waals surface area contributed by atoms with Crippen molar-refractivity contribution in [2.45, 2.75) is 6.54 Å². The molecule has 0 saturated carbocycles. The molecular weight excluding hydrogens is 482 g/mol. The van der Waals surface area contributed by atoms with E-state index in [4.69, 9.17) is 14.3 Å². The van der Waals surface area contributed by atoms with Gasteiger partial charge in [0.1, 0.15) is 11.5 Å². The van der Waals surface area contributed by atoms with Crippen molar-refractivity contribution in [3.8, 4) is 5.75 Å². The van der Waals surface area contributed by atoms with Gasteiger partial charge in [-0.15, -0.1) is 0 Å². The maximum absolute atomic E-state index is 12.6. The summed E-state index contributed by atoms with van der Waals surface area (Å²) in [5, 5.41) is 8.21. The monoisotopic (exact) mass is 495 g/mol. The second kappa shape index (κ2) is 9.18. The fourth-order valence-corrected chi connectivity index (χ4v) is 3.83. The van der Waals surface area contributed by atoms with Crippen LogP contribution >= 0.6 is 27.7 Å². The van der Waals surface area contributed by atoms with Crippen LogP contribution in [0.15, 0.2) is 44.1 Å². The van der Waals surface area contributed by atoms with Crippen molar-refractivity contribution >= 4 is 56.9 Å². The number of hydrogen-bond donors (Lipinski definition) is 1.